The molecule has 0 aliphatic carbocycles. The lowest BCUT2D eigenvalue weighted by Crippen LogP contribution is -2.57. The first kappa shape index (κ1) is 23.7. The number of anilines is 2. The Labute approximate surface area is 202 Å². The lowest BCUT2D eigenvalue weighted by Gasteiger charge is -2.45. The molecule has 1 atom stereocenters. The number of alkyl halides is 2. The van der Waals surface area contributed by atoms with Crippen molar-refractivity contribution in [1.82, 2.24) is 15.3 Å². The lowest BCUT2D eigenvalue weighted by molar-refractivity contribution is -0.120. The second-order valence-electron chi connectivity index (χ2n) is 8.97. The largest absolute Gasteiger partial charge is 0.435 e. The highest BCUT2D eigenvalue weighted by molar-refractivity contribution is 5.84. The monoisotopic (exact) mass is 489 g/mol. The average Bonchev–Trinajstić information content (AvgIpc) is 2.88. The Bertz CT molecular complexity index is 1040. The van der Waals surface area contributed by atoms with Gasteiger partial charge in [0.25, 0.3) is 0 Å². The smallest absolute Gasteiger partial charge is 0.387 e. The minimum Gasteiger partial charge on any atom is -0.435 e. The summed E-state index contributed by atoms with van der Waals surface area (Å²) in [6.45, 7) is 1.84. The number of nitrogens with zero attached hydrogens (tertiary/aromatic N) is 4. The molecular formula is C24H29F2N5O4. The third-order valence-corrected chi connectivity index (χ3v) is 6.60. The maximum atomic E-state index is 12.8. The zero-order valence-electron chi connectivity index (χ0n) is 19.4. The molecular weight excluding hydrogens is 460 g/mol. The fourth-order valence-corrected chi connectivity index (χ4v) is 4.78. The second-order valence-corrected chi connectivity index (χ2v) is 8.97. The molecule has 2 fully saturated rings. The molecule has 0 bridgehead atoms. The lowest BCUT2D eigenvalue weighted by atomic mass is 10.0. The molecule has 0 spiro atoms. The Kier molecular flexibility index (Phi) is 7.24. The quantitative estimate of drug-likeness (QED) is 0.634. The highest BCUT2D eigenvalue weighted by atomic mass is 19.3. The van der Waals surface area contributed by atoms with E-state index in [1.54, 1.807) is 18.3 Å². The summed E-state index contributed by atoms with van der Waals surface area (Å²) >= 11 is 0. The molecule has 188 valence electrons. The molecule has 11 heteroatoms. The average molecular weight is 490 g/mol. The van der Waals surface area contributed by atoms with Crippen LogP contribution in [0.3, 0.4) is 0 Å². The zero-order valence-corrected chi connectivity index (χ0v) is 19.4. The summed E-state index contributed by atoms with van der Waals surface area (Å²) < 4.78 is 40.9. The Morgan fingerprint density at radius 2 is 2.09 bits per heavy atom. The number of nitrogens with one attached hydrogen (secondary N) is 1. The van der Waals surface area contributed by atoms with Gasteiger partial charge in [-0.3, -0.25) is 4.79 Å². The van der Waals surface area contributed by atoms with Gasteiger partial charge in [-0.1, -0.05) is 12.1 Å². The molecule has 0 saturated carbocycles. The molecule has 0 unspecified atom stereocenters. The standard InChI is InChI=1S/C24H29F2N5O4/c25-24(26)35-19-3-1-2-17(10-19)22-28-12-20-23(29-22)31-6-9-34-15-18(31)13-30(20)14-21(32)27-11-16-4-7-33-8-5-16/h1-3,10,12,16,18,24H,4-9,11,13-15H2,(H,27,32)/t18-/m1/s1. The van der Waals surface area contributed by atoms with Crippen molar-refractivity contribution in [3.63, 3.8) is 0 Å². The number of rotatable bonds is 7. The minimum atomic E-state index is -2.91. The van der Waals surface area contributed by atoms with Crippen LogP contribution < -0.4 is 19.9 Å². The third-order valence-electron chi connectivity index (χ3n) is 6.60. The molecule has 0 radical (unpaired) electrons. The number of ether oxygens (including phenoxy) is 3. The van der Waals surface area contributed by atoms with E-state index in [0.717, 1.165) is 31.7 Å². The number of morpholine rings is 1. The fourth-order valence-electron chi connectivity index (χ4n) is 4.78. The molecule has 1 amide bonds. The van der Waals surface area contributed by atoms with Gasteiger partial charge in [0.05, 0.1) is 37.7 Å². The number of hydrogen-bond donors (Lipinski definition) is 1. The Morgan fingerprint density at radius 3 is 2.91 bits per heavy atom. The SMILES string of the molecule is O=C(CN1C[C@@H]2COCCN2c2nc(-c3cccc(OC(F)F)c3)ncc21)NCC1CCOCC1. The molecule has 35 heavy (non-hydrogen) atoms. The van der Waals surface area contributed by atoms with Crippen molar-refractivity contribution >= 4 is 17.4 Å². The summed E-state index contributed by atoms with van der Waals surface area (Å²) in [5.41, 5.74) is 1.34. The highest BCUT2D eigenvalue weighted by Crippen LogP contribution is 2.36. The van der Waals surface area contributed by atoms with Crippen LogP contribution in [-0.2, 0) is 14.3 Å². The second kappa shape index (κ2) is 10.7. The molecule has 4 heterocycles. The fraction of sp³-hybridized carbons (Fsp3) is 0.542. The number of aromatic nitrogens is 2. The molecule has 2 saturated heterocycles. The third kappa shape index (κ3) is 5.62. The Morgan fingerprint density at radius 1 is 1.23 bits per heavy atom. The molecule has 5 rings (SSSR count). The molecule has 1 aromatic heterocycles. The van der Waals surface area contributed by atoms with E-state index < -0.39 is 6.61 Å². The summed E-state index contributed by atoms with van der Waals surface area (Å²) in [6.07, 6.45) is 3.62. The summed E-state index contributed by atoms with van der Waals surface area (Å²) in [6, 6.07) is 6.39. The van der Waals surface area contributed by atoms with E-state index in [1.807, 2.05) is 4.90 Å². The van der Waals surface area contributed by atoms with Crippen LogP contribution >= 0.6 is 0 Å². The molecule has 3 aliphatic rings. The summed E-state index contributed by atoms with van der Waals surface area (Å²) in [5, 5.41) is 3.06. The first-order chi connectivity index (χ1) is 17.1. The number of fused-ring (bicyclic) bond motifs is 3. The zero-order chi connectivity index (χ0) is 24.2. The number of benzene rings is 1. The maximum Gasteiger partial charge on any atom is 0.387 e. The van der Waals surface area contributed by atoms with Gasteiger partial charge in [0.2, 0.25) is 5.91 Å². The van der Waals surface area contributed by atoms with Crippen LogP contribution in [0, 0.1) is 5.92 Å². The summed E-state index contributed by atoms with van der Waals surface area (Å²) in [5.74, 6) is 1.56. The van der Waals surface area contributed by atoms with Gasteiger partial charge in [-0.15, -0.1) is 0 Å². The number of halogens is 2. The van der Waals surface area contributed by atoms with Crippen LogP contribution in [0.5, 0.6) is 5.75 Å². The van der Waals surface area contributed by atoms with Gasteiger partial charge >= 0.3 is 6.61 Å². The number of carbonyl (C=O) groups is 1. The van der Waals surface area contributed by atoms with E-state index in [2.05, 4.69) is 19.9 Å². The van der Waals surface area contributed by atoms with Gasteiger partial charge in [-0.25, -0.2) is 9.97 Å². The van der Waals surface area contributed by atoms with Crippen LogP contribution in [0.4, 0.5) is 20.3 Å². The van der Waals surface area contributed by atoms with Crippen molar-refractivity contribution in [2.45, 2.75) is 25.5 Å². The topological polar surface area (TPSA) is 89.1 Å². The van der Waals surface area contributed by atoms with E-state index in [1.165, 1.54) is 12.1 Å². The van der Waals surface area contributed by atoms with E-state index in [-0.39, 0.29) is 24.2 Å². The van der Waals surface area contributed by atoms with E-state index in [4.69, 9.17) is 14.5 Å². The molecule has 2 aromatic rings. The number of carbonyl (C=O) groups excluding carboxylic acids is 1. The van der Waals surface area contributed by atoms with Crippen LogP contribution in [0.2, 0.25) is 0 Å². The van der Waals surface area contributed by atoms with Crippen molar-refractivity contribution in [3.05, 3.63) is 30.5 Å². The van der Waals surface area contributed by atoms with Crippen LogP contribution in [0.1, 0.15) is 12.8 Å². The van der Waals surface area contributed by atoms with Gasteiger partial charge < -0.3 is 29.3 Å². The van der Waals surface area contributed by atoms with Crippen molar-refractivity contribution in [3.8, 4) is 17.1 Å². The predicted octanol–water partition coefficient (Wildman–Crippen LogP) is 2.31. The van der Waals surface area contributed by atoms with Gasteiger partial charge in [-0.05, 0) is 30.9 Å². The number of hydrogen-bond acceptors (Lipinski definition) is 8. The van der Waals surface area contributed by atoms with Gasteiger partial charge in [0.15, 0.2) is 11.6 Å². The molecule has 1 N–H and O–H groups in total. The van der Waals surface area contributed by atoms with Gasteiger partial charge in [0, 0.05) is 38.4 Å². The highest BCUT2D eigenvalue weighted by Gasteiger charge is 2.35. The van der Waals surface area contributed by atoms with Crippen molar-refractivity contribution < 1.29 is 27.8 Å². The van der Waals surface area contributed by atoms with Crippen molar-refractivity contribution in [1.29, 1.82) is 0 Å². The van der Waals surface area contributed by atoms with Gasteiger partial charge in [-0.2, -0.15) is 8.78 Å². The van der Waals surface area contributed by atoms with Crippen molar-refractivity contribution in [2.24, 2.45) is 5.92 Å². The van der Waals surface area contributed by atoms with E-state index in [9.17, 15) is 13.6 Å². The predicted molar refractivity (Wildman–Crippen MR) is 125 cm³/mol. The molecule has 9 nitrogen and oxygen atoms in total. The van der Waals surface area contributed by atoms with Crippen molar-refractivity contribution in [2.75, 3.05) is 62.4 Å². The van der Waals surface area contributed by atoms with E-state index in [0.29, 0.717) is 56.0 Å². The maximum absolute atomic E-state index is 12.8. The Hall–Kier alpha value is -3.05. The first-order valence-electron chi connectivity index (χ1n) is 11.9. The first-order valence-corrected chi connectivity index (χ1v) is 11.9. The number of amides is 1. The minimum absolute atomic E-state index is 0.0471. The normalized spacial score (nSPS) is 20.4. The van der Waals surface area contributed by atoms with Crippen LogP contribution in [0.15, 0.2) is 30.5 Å². The van der Waals surface area contributed by atoms with Gasteiger partial charge in [0.1, 0.15) is 5.75 Å². The summed E-state index contributed by atoms with van der Waals surface area (Å²) in [4.78, 5) is 26.3. The van der Waals surface area contributed by atoms with Crippen LogP contribution in [0.25, 0.3) is 11.4 Å². The Balaban J connectivity index is 1.35. The summed E-state index contributed by atoms with van der Waals surface area (Å²) in [7, 11) is 0. The van der Waals surface area contributed by atoms with E-state index >= 15 is 0 Å². The molecule has 3 aliphatic heterocycles. The van der Waals surface area contributed by atoms with Crippen LogP contribution in [-0.4, -0.2) is 81.1 Å². The molecule has 1 aromatic carbocycles.